The van der Waals surface area contributed by atoms with Crippen molar-refractivity contribution >= 4 is 39.1 Å². The first kappa shape index (κ1) is 13.8. The van der Waals surface area contributed by atoms with E-state index in [9.17, 15) is 4.79 Å². The molecule has 4 heteroatoms. The minimum absolute atomic E-state index is 0.1000. The van der Waals surface area contributed by atoms with Gasteiger partial charge in [-0.15, -0.1) is 0 Å². The fourth-order valence-electron chi connectivity index (χ4n) is 2.19. The molecule has 0 atom stereocenters. The van der Waals surface area contributed by atoms with Gasteiger partial charge < -0.3 is 4.57 Å². The highest BCUT2D eigenvalue weighted by molar-refractivity contribution is 9.10. The van der Waals surface area contributed by atoms with Crippen LogP contribution in [-0.4, -0.2) is 9.55 Å². The Kier molecular flexibility index (Phi) is 3.71. The molecule has 0 saturated heterocycles. The number of halogens is 1. The lowest BCUT2D eigenvalue weighted by molar-refractivity contribution is 0.887. The first-order chi connectivity index (χ1) is 10.2. The van der Waals surface area contributed by atoms with E-state index in [0.717, 1.165) is 21.1 Å². The third-order valence-electron chi connectivity index (χ3n) is 3.33. The lowest BCUT2D eigenvalue weighted by atomic mass is 10.2. The molecule has 0 saturated carbocycles. The third-order valence-corrected chi connectivity index (χ3v) is 4.06. The van der Waals surface area contributed by atoms with Gasteiger partial charge in [0, 0.05) is 11.5 Å². The molecular formula is C17H13BrN2O. The monoisotopic (exact) mass is 340 g/mol. The van der Waals surface area contributed by atoms with E-state index in [4.69, 9.17) is 0 Å². The van der Waals surface area contributed by atoms with Crippen LogP contribution >= 0.6 is 15.9 Å². The van der Waals surface area contributed by atoms with E-state index in [2.05, 4.69) is 20.9 Å². The number of nitrogens with zero attached hydrogens (tertiary/aromatic N) is 2. The number of hydrogen-bond acceptors (Lipinski definition) is 2. The topological polar surface area (TPSA) is 34.9 Å². The van der Waals surface area contributed by atoms with Crippen molar-refractivity contribution in [2.45, 2.75) is 0 Å². The molecule has 0 N–H and O–H groups in total. The minimum atomic E-state index is -0.1000. The second-order valence-electron chi connectivity index (χ2n) is 4.70. The second-order valence-corrected chi connectivity index (χ2v) is 5.56. The maximum atomic E-state index is 12.3. The summed E-state index contributed by atoms with van der Waals surface area (Å²) < 4.78 is 2.61. The van der Waals surface area contributed by atoms with Gasteiger partial charge in [0.1, 0.15) is 5.69 Å². The Labute approximate surface area is 130 Å². The normalized spacial score (nSPS) is 11.3. The summed E-state index contributed by atoms with van der Waals surface area (Å²) in [4.78, 5) is 16.8. The number of benzene rings is 2. The predicted octanol–water partition coefficient (Wildman–Crippen LogP) is 3.87. The van der Waals surface area contributed by atoms with Crippen LogP contribution in [0.3, 0.4) is 0 Å². The quantitative estimate of drug-likeness (QED) is 0.709. The first-order valence-electron chi connectivity index (χ1n) is 6.55. The van der Waals surface area contributed by atoms with Crippen molar-refractivity contribution < 1.29 is 0 Å². The van der Waals surface area contributed by atoms with Gasteiger partial charge in [-0.1, -0.05) is 52.3 Å². The SMILES string of the molecule is Cn1c(=O)c(C=Cc2ccccc2Br)nc2ccccc21. The van der Waals surface area contributed by atoms with Crippen molar-refractivity contribution in [2.24, 2.45) is 7.05 Å². The van der Waals surface area contributed by atoms with Crippen LogP contribution in [0.4, 0.5) is 0 Å². The Morgan fingerprint density at radius 3 is 2.57 bits per heavy atom. The molecule has 3 nitrogen and oxygen atoms in total. The van der Waals surface area contributed by atoms with Gasteiger partial charge in [-0.2, -0.15) is 0 Å². The highest BCUT2D eigenvalue weighted by Crippen LogP contribution is 2.18. The predicted molar refractivity (Wildman–Crippen MR) is 90.1 cm³/mol. The molecule has 0 aliphatic rings. The van der Waals surface area contributed by atoms with E-state index >= 15 is 0 Å². The minimum Gasteiger partial charge on any atom is -0.308 e. The Morgan fingerprint density at radius 2 is 1.76 bits per heavy atom. The zero-order chi connectivity index (χ0) is 14.8. The van der Waals surface area contributed by atoms with Crippen LogP contribution < -0.4 is 5.56 Å². The fourth-order valence-corrected chi connectivity index (χ4v) is 2.61. The van der Waals surface area contributed by atoms with Gasteiger partial charge in [0.15, 0.2) is 0 Å². The molecule has 3 aromatic rings. The van der Waals surface area contributed by atoms with Gasteiger partial charge in [-0.05, 0) is 29.8 Å². The summed E-state index contributed by atoms with van der Waals surface area (Å²) in [6, 6.07) is 15.5. The van der Waals surface area contributed by atoms with Crippen molar-refractivity contribution in [1.29, 1.82) is 0 Å². The van der Waals surface area contributed by atoms with E-state index in [1.54, 1.807) is 17.7 Å². The molecule has 2 aromatic carbocycles. The Hall–Kier alpha value is -2.20. The Morgan fingerprint density at radius 1 is 1.05 bits per heavy atom. The van der Waals surface area contributed by atoms with Crippen LogP contribution in [0, 0.1) is 0 Å². The van der Waals surface area contributed by atoms with Crippen LogP contribution in [0.15, 0.2) is 57.8 Å². The number of aromatic nitrogens is 2. The number of rotatable bonds is 2. The summed E-state index contributed by atoms with van der Waals surface area (Å²) in [6.45, 7) is 0. The molecule has 0 amide bonds. The highest BCUT2D eigenvalue weighted by atomic mass is 79.9. The number of hydrogen-bond donors (Lipinski definition) is 0. The van der Waals surface area contributed by atoms with Gasteiger partial charge in [0.05, 0.1) is 11.0 Å². The molecule has 1 aromatic heterocycles. The van der Waals surface area contributed by atoms with Crippen LogP contribution in [0.2, 0.25) is 0 Å². The van der Waals surface area contributed by atoms with Crippen molar-refractivity contribution in [1.82, 2.24) is 9.55 Å². The molecule has 0 bridgehead atoms. The largest absolute Gasteiger partial charge is 0.308 e. The second kappa shape index (κ2) is 5.66. The number of para-hydroxylation sites is 2. The van der Waals surface area contributed by atoms with Crippen molar-refractivity contribution in [3.63, 3.8) is 0 Å². The van der Waals surface area contributed by atoms with Gasteiger partial charge in [0.25, 0.3) is 5.56 Å². The average Bonchev–Trinajstić information content (AvgIpc) is 2.51. The Balaban J connectivity index is 2.11. The number of fused-ring (bicyclic) bond motifs is 1. The van der Waals surface area contributed by atoms with E-state index < -0.39 is 0 Å². The molecule has 1 heterocycles. The zero-order valence-corrected chi connectivity index (χ0v) is 13.0. The third kappa shape index (κ3) is 2.67. The molecule has 3 rings (SSSR count). The molecule has 104 valence electrons. The summed E-state index contributed by atoms with van der Waals surface area (Å²) in [5.74, 6) is 0. The molecule has 0 aliphatic carbocycles. The first-order valence-corrected chi connectivity index (χ1v) is 7.34. The van der Waals surface area contributed by atoms with Gasteiger partial charge in [-0.25, -0.2) is 4.98 Å². The molecular weight excluding hydrogens is 328 g/mol. The van der Waals surface area contributed by atoms with Crippen LogP contribution in [0.25, 0.3) is 23.2 Å². The van der Waals surface area contributed by atoms with Crippen LogP contribution in [0.5, 0.6) is 0 Å². The molecule has 0 spiro atoms. The van der Waals surface area contributed by atoms with Crippen molar-refractivity contribution in [2.75, 3.05) is 0 Å². The van der Waals surface area contributed by atoms with E-state index in [1.807, 2.05) is 54.6 Å². The Bertz CT molecular complexity index is 897. The van der Waals surface area contributed by atoms with Crippen molar-refractivity contribution in [3.8, 4) is 0 Å². The van der Waals surface area contributed by atoms with Gasteiger partial charge in [-0.3, -0.25) is 4.79 Å². The molecule has 0 radical (unpaired) electrons. The molecule has 0 aliphatic heterocycles. The lowest BCUT2D eigenvalue weighted by Gasteiger charge is -2.05. The summed E-state index contributed by atoms with van der Waals surface area (Å²) in [5, 5.41) is 0. The molecule has 21 heavy (non-hydrogen) atoms. The smallest absolute Gasteiger partial charge is 0.276 e. The molecule has 0 fully saturated rings. The van der Waals surface area contributed by atoms with E-state index in [-0.39, 0.29) is 5.56 Å². The van der Waals surface area contributed by atoms with E-state index in [1.165, 1.54) is 0 Å². The van der Waals surface area contributed by atoms with Crippen LogP contribution in [0.1, 0.15) is 11.3 Å². The summed E-state index contributed by atoms with van der Waals surface area (Å²) in [7, 11) is 1.77. The summed E-state index contributed by atoms with van der Waals surface area (Å²) in [6.07, 6.45) is 3.65. The summed E-state index contributed by atoms with van der Waals surface area (Å²) in [5.41, 5.74) is 2.99. The zero-order valence-electron chi connectivity index (χ0n) is 11.5. The van der Waals surface area contributed by atoms with E-state index in [0.29, 0.717) is 5.69 Å². The lowest BCUT2D eigenvalue weighted by Crippen LogP contribution is -2.21. The standard InChI is InChI=1S/C17H13BrN2O/c1-20-16-9-5-4-8-14(16)19-15(17(20)21)11-10-12-6-2-3-7-13(12)18/h2-11H,1H3. The van der Waals surface area contributed by atoms with Crippen LogP contribution in [-0.2, 0) is 7.05 Å². The average molecular weight is 341 g/mol. The maximum Gasteiger partial charge on any atom is 0.276 e. The summed E-state index contributed by atoms with van der Waals surface area (Å²) >= 11 is 3.49. The maximum absolute atomic E-state index is 12.3. The molecule has 0 unspecified atom stereocenters. The number of aryl methyl sites for hydroxylation is 1. The fraction of sp³-hybridized carbons (Fsp3) is 0.0588. The van der Waals surface area contributed by atoms with Crippen molar-refractivity contribution in [3.05, 3.63) is 74.6 Å². The van der Waals surface area contributed by atoms with Gasteiger partial charge in [0.2, 0.25) is 0 Å². The van der Waals surface area contributed by atoms with Gasteiger partial charge >= 0.3 is 0 Å². The highest BCUT2D eigenvalue weighted by Gasteiger charge is 2.05.